The molecule has 1 aromatic carbocycles. The van der Waals surface area contributed by atoms with E-state index < -0.39 is 17.9 Å². The van der Waals surface area contributed by atoms with Crippen molar-refractivity contribution in [3.8, 4) is 5.75 Å². The van der Waals surface area contributed by atoms with E-state index >= 15 is 0 Å². The van der Waals surface area contributed by atoms with Gasteiger partial charge in [-0.05, 0) is 42.5 Å². The Morgan fingerprint density at radius 2 is 1.55 bits per heavy atom. The molecule has 0 aliphatic carbocycles. The Morgan fingerprint density at radius 1 is 0.935 bits per heavy atom. The predicted molar refractivity (Wildman–Crippen MR) is 112 cm³/mol. The molecule has 3 rings (SSSR count). The summed E-state index contributed by atoms with van der Waals surface area (Å²) in [5.74, 6) is -0.998. The number of benzene rings is 1. The average Bonchev–Trinajstić information content (AvgIpc) is 2.79. The quantitative estimate of drug-likeness (QED) is 0.457. The van der Waals surface area contributed by atoms with Crippen LogP contribution in [0.4, 0.5) is 15.9 Å². The maximum atomic E-state index is 12.6. The Labute approximate surface area is 182 Å². The Balaban J connectivity index is 0.000000262. The van der Waals surface area contributed by atoms with Gasteiger partial charge in [-0.2, -0.15) is 4.39 Å². The monoisotopic (exact) mass is 447 g/mol. The zero-order valence-electron chi connectivity index (χ0n) is 16.9. The van der Waals surface area contributed by atoms with Crippen LogP contribution in [0, 0.1) is 5.95 Å². The first kappa shape index (κ1) is 23.6. The molecular weight excluding hydrogens is 429 g/mol. The van der Waals surface area contributed by atoms with Gasteiger partial charge in [-0.1, -0.05) is 11.6 Å². The van der Waals surface area contributed by atoms with Gasteiger partial charge < -0.3 is 19.5 Å². The molecule has 0 saturated heterocycles. The van der Waals surface area contributed by atoms with Gasteiger partial charge in [-0.3, -0.25) is 0 Å². The van der Waals surface area contributed by atoms with Gasteiger partial charge >= 0.3 is 11.9 Å². The smallest absolute Gasteiger partial charge is 0.342 e. The van der Waals surface area contributed by atoms with E-state index in [4.69, 9.17) is 21.1 Å². The third-order valence-electron chi connectivity index (χ3n) is 3.79. The molecule has 0 atom stereocenters. The average molecular weight is 448 g/mol. The number of anilines is 2. The first-order valence-electron chi connectivity index (χ1n) is 8.74. The molecule has 31 heavy (non-hydrogen) atoms. The van der Waals surface area contributed by atoms with Crippen molar-refractivity contribution in [3.63, 3.8) is 0 Å². The third-order valence-corrected chi connectivity index (χ3v) is 4.09. The number of esters is 2. The van der Waals surface area contributed by atoms with Crippen molar-refractivity contribution >= 4 is 35.0 Å². The fourth-order valence-corrected chi connectivity index (χ4v) is 2.57. The summed E-state index contributed by atoms with van der Waals surface area (Å²) in [5, 5.41) is 3.49. The van der Waals surface area contributed by atoms with Crippen LogP contribution in [0.25, 0.3) is 0 Å². The number of nitrogens with zero attached hydrogens (tertiary/aromatic N) is 2. The van der Waals surface area contributed by atoms with Crippen LogP contribution in [0.1, 0.15) is 20.7 Å². The minimum absolute atomic E-state index is 0.144. The van der Waals surface area contributed by atoms with E-state index in [1.807, 2.05) is 0 Å². The third kappa shape index (κ3) is 6.38. The van der Waals surface area contributed by atoms with Crippen LogP contribution >= 0.6 is 11.6 Å². The van der Waals surface area contributed by atoms with Crippen LogP contribution in [-0.4, -0.2) is 43.2 Å². The summed E-state index contributed by atoms with van der Waals surface area (Å²) in [4.78, 5) is 29.8. The van der Waals surface area contributed by atoms with Crippen molar-refractivity contribution in [1.82, 2.24) is 9.97 Å². The number of ether oxygens (including phenoxy) is 3. The van der Waals surface area contributed by atoms with Crippen LogP contribution in [0.15, 0.2) is 54.9 Å². The van der Waals surface area contributed by atoms with Crippen LogP contribution in [0.3, 0.4) is 0 Å². The predicted octanol–water partition coefficient (Wildman–Crippen LogP) is 4.28. The second-order valence-corrected chi connectivity index (χ2v) is 6.11. The lowest BCUT2D eigenvalue weighted by Gasteiger charge is -2.10. The van der Waals surface area contributed by atoms with Crippen LogP contribution in [-0.2, 0) is 9.47 Å². The number of pyridine rings is 2. The fraction of sp³-hybridized carbons (Fsp3) is 0.143. The van der Waals surface area contributed by atoms with Gasteiger partial charge in [-0.15, -0.1) is 0 Å². The van der Waals surface area contributed by atoms with Gasteiger partial charge in [-0.25, -0.2) is 19.6 Å². The highest BCUT2D eigenvalue weighted by atomic mass is 35.5. The molecule has 8 nitrogen and oxygen atoms in total. The first-order valence-corrected chi connectivity index (χ1v) is 9.11. The van der Waals surface area contributed by atoms with Crippen LogP contribution in [0.2, 0.25) is 5.02 Å². The maximum Gasteiger partial charge on any atom is 0.342 e. The number of carbonyl (C=O) groups is 2. The lowest BCUT2D eigenvalue weighted by atomic mass is 10.2. The minimum Gasteiger partial charge on any atom is -0.495 e. The molecular formula is C21H19ClFN3O5. The fourth-order valence-electron chi connectivity index (χ4n) is 2.31. The highest BCUT2D eigenvalue weighted by Crippen LogP contribution is 2.29. The number of methoxy groups -OCH3 is 3. The van der Waals surface area contributed by atoms with E-state index in [1.54, 1.807) is 43.6 Å². The number of halogens is 2. The molecule has 0 radical (unpaired) electrons. The number of rotatable bonds is 5. The molecule has 162 valence electrons. The van der Waals surface area contributed by atoms with E-state index in [2.05, 4.69) is 20.0 Å². The lowest BCUT2D eigenvalue weighted by Crippen LogP contribution is -2.07. The van der Waals surface area contributed by atoms with Crippen molar-refractivity contribution in [2.24, 2.45) is 0 Å². The molecule has 1 N–H and O–H groups in total. The van der Waals surface area contributed by atoms with E-state index in [1.165, 1.54) is 32.5 Å². The molecule has 0 saturated carbocycles. The van der Waals surface area contributed by atoms with Gasteiger partial charge in [0.2, 0.25) is 5.95 Å². The summed E-state index contributed by atoms with van der Waals surface area (Å²) in [5.41, 5.74) is 0.900. The number of aromatic nitrogens is 2. The molecule has 2 aromatic heterocycles. The van der Waals surface area contributed by atoms with Crippen molar-refractivity contribution < 1.29 is 28.2 Å². The number of carbonyl (C=O) groups excluding carboxylic acids is 2. The molecule has 0 aliphatic rings. The van der Waals surface area contributed by atoms with Crippen molar-refractivity contribution in [1.29, 1.82) is 0 Å². The van der Waals surface area contributed by atoms with Crippen LogP contribution < -0.4 is 10.1 Å². The van der Waals surface area contributed by atoms with E-state index in [9.17, 15) is 14.0 Å². The Morgan fingerprint density at radius 3 is 2.13 bits per heavy atom. The first-order chi connectivity index (χ1) is 14.9. The molecule has 0 unspecified atom stereocenters. The van der Waals surface area contributed by atoms with Crippen molar-refractivity contribution in [2.75, 3.05) is 26.6 Å². The van der Waals surface area contributed by atoms with Gasteiger partial charge in [0.25, 0.3) is 0 Å². The Bertz CT molecular complexity index is 1060. The van der Waals surface area contributed by atoms with E-state index in [-0.39, 0.29) is 5.56 Å². The summed E-state index contributed by atoms with van der Waals surface area (Å²) in [6.45, 7) is 0. The molecule has 3 aromatic rings. The Kier molecular flexibility index (Phi) is 8.71. The second kappa shape index (κ2) is 11.5. The molecule has 0 aliphatic heterocycles. The zero-order valence-corrected chi connectivity index (χ0v) is 17.6. The normalized spacial score (nSPS) is 9.71. The highest BCUT2D eigenvalue weighted by molar-refractivity contribution is 6.32. The number of nitrogens with one attached hydrogen (secondary N) is 1. The molecule has 0 spiro atoms. The summed E-state index contributed by atoms with van der Waals surface area (Å²) in [7, 11) is 4.06. The SMILES string of the molecule is COC(=O)c1cccnc1F.COC(=O)c1cccnc1Nc1ccc(OC)c(Cl)c1. The largest absolute Gasteiger partial charge is 0.495 e. The molecule has 0 amide bonds. The standard InChI is InChI=1S/C14H13ClN2O3.C7H6FNO2/c1-19-12-6-5-9(8-11(12)15)17-13-10(14(18)20-2)4-3-7-16-13;1-11-7(10)5-3-2-4-9-6(5)8/h3-8H,1-2H3,(H,16,17);2-4H,1H3. The Hall–Kier alpha value is -3.72. The highest BCUT2D eigenvalue weighted by Gasteiger charge is 2.13. The van der Waals surface area contributed by atoms with E-state index in [0.717, 1.165) is 0 Å². The summed E-state index contributed by atoms with van der Waals surface area (Å²) >= 11 is 6.05. The summed E-state index contributed by atoms with van der Waals surface area (Å²) in [6.07, 6.45) is 2.85. The van der Waals surface area contributed by atoms with Gasteiger partial charge in [0, 0.05) is 18.1 Å². The van der Waals surface area contributed by atoms with Crippen molar-refractivity contribution in [3.05, 3.63) is 77.0 Å². The van der Waals surface area contributed by atoms with Gasteiger partial charge in [0.15, 0.2) is 0 Å². The lowest BCUT2D eigenvalue weighted by molar-refractivity contribution is 0.0588. The van der Waals surface area contributed by atoms with Crippen LogP contribution in [0.5, 0.6) is 5.75 Å². The van der Waals surface area contributed by atoms with Crippen molar-refractivity contribution in [2.45, 2.75) is 0 Å². The minimum atomic E-state index is -0.806. The number of hydrogen-bond donors (Lipinski definition) is 1. The van der Waals surface area contributed by atoms with Gasteiger partial charge in [0.05, 0.1) is 26.4 Å². The molecule has 10 heteroatoms. The topological polar surface area (TPSA) is 99.6 Å². The maximum absolute atomic E-state index is 12.6. The molecule has 0 bridgehead atoms. The second-order valence-electron chi connectivity index (χ2n) is 5.70. The van der Waals surface area contributed by atoms with Gasteiger partial charge in [0.1, 0.15) is 22.7 Å². The summed E-state index contributed by atoms with van der Waals surface area (Å²) in [6, 6.07) is 11.3. The summed E-state index contributed by atoms with van der Waals surface area (Å²) < 4.78 is 26.7. The zero-order chi connectivity index (χ0) is 22.8. The molecule has 0 fully saturated rings. The number of hydrogen-bond acceptors (Lipinski definition) is 8. The van der Waals surface area contributed by atoms with E-state index in [0.29, 0.717) is 27.8 Å². The molecule has 2 heterocycles.